The summed E-state index contributed by atoms with van der Waals surface area (Å²) in [4.78, 5) is 0.0778. The van der Waals surface area contributed by atoms with Crippen LogP contribution >= 0.6 is 0 Å². The maximum absolute atomic E-state index is 12.9. The Morgan fingerprint density at radius 1 is 1.23 bits per heavy atom. The van der Waals surface area contributed by atoms with Crippen molar-refractivity contribution in [2.75, 3.05) is 13.1 Å². The smallest absolute Gasteiger partial charge is 0.243 e. The van der Waals surface area contributed by atoms with Crippen molar-refractivity contribution in [2.24, 2.45) is 0 Å². The topological polar surface area (TPSA) is 72.4 Å². The van der Waals surface area contributed by atoms with Gasteiger partial charge in [-0.15, -0.1) is 5.10 Å². The molecule has 1 aliphatic rings. The molecule has 116 valence electrons. The Balaban J connectivity index is 1.70. The van der Waals surface area contributed by atoms with Gasteiger partial charge in [-0.1, -0.05) is 0 Å². The van der Waals surface area contributed by atoms with E-state index in [9.17, 15) is 12.8 Å². The number of benzene rings is 1. The van der Waals surface area contributed by atoms with Gasteiger partial charge in [0.1, 0.15) is 11.9 Å². The van der Waals surface area contributed by atoms with Crippen molar-refractivity contribution in [1.82, 2.24) is 14.5 Å². The first-order chi connectivity index (χ1) is 10.6. The third-order valence-electron chi connectivity index (χ3n) is 3.39. The molecule has 0 saturated carbocycles. The molecule has 0 amide bonds. The van der Waals surface area contributed by atoms with Gasteiger partial charge < -0.3 is 4.74 Å². The van der Waals surface area contributed by atoms with E-state index >= 15 is 0 Å². The largest absolute Gasteiger partial charge is 0.472 e. The van der Waals surface area contributed by atoms with Crippen LogP contribution in [0.25, 0.3) is 0 Å². The number of sulfonamides is 1. The van der Waals surface area contributed by atoms with E-state index in [1.165, 1.54) is 22.6 Å². The molecule has 2 aromatic rings. The van der Waals surface area contributed by atoms with Gasteiger partial charge in [0, 0.05) is 18.8 Å². The summed E-state index contributed by atoms with van der Waals surface area (Å²) < 4.78 is 44.8. The standard InChI is InChI=1S/C14H14FN3O3S/c15-11-3-5-13(6-4-11)22(19,20)18-9-7-12(10-18)21-14-2-1-8-16-17-14/h1-6,8,12H,7,9-10H2. The number of hydrogen-bond donors (Lipinski definition) is 0. The van der Waals surface area contributed by atoms with Gasteiger partial charge >= 0.3 is 0 Å². The van der Waals surface area contributed by atoms with E-state index in [0.717, 1.165) is 12.1 Å². The number of nitrogens with zero attached hydrogens (tertiary/aromatic N) is 3. The van der Waals surface area contributed by atoms with Crippen LogP contribution in [0.2, 0.25) is 0 Å². The first kappa shape index (κ1) is 14.9. The molecule has 3 rings (SSSR count). The molecule has 6 nitrogen and oxygen atoms in total. The Labute approximate surface area is 127 Å². The van der Waals surface area contributed by atoms with Crippen LogP contribution in [0.4, 0.5) is 4.39 Å². The van der Waals surface area contributed by atoms with Crippen molar-refractivity contribution in [3.63, 3.8) is 0 Å². The number of hydrogen-bond acceptors (Lipinski definition) is 5. The zero-order valence-electron chi connectivity index (χ0n) is 11.6. The van der Waals surface area contributed by atoms with E-state index in [1.807, 2.05) is 0 Å². The van der Waals surface area contributed by atoms with Gasteiger partial charge in [-0.05, 0) is 36.8 Å². The van der Waals surface area contributed by atoms with Crippen LogP contribution in [-0.4, -0.2) is 42.1 Å². The maximum Gasteiger partial charge on any atom is 0.243 e. The molecule has 1 saturated heterocycles. The van der Waals surface area contributed by atoms with E-state index in [0.29, 0.717) is 18.8 Å². The second-order valence-electron chi connectivity index (χ2n) is 4.91. The minimum absolute atomic E-state index is 0.0778. The van der Waals surface area contributed by atoms with E-state index in [4.69, 9.17) is 4.74 Å². The minimum atomic E-state index is -3.63. The van der Waals surface area contributed by atoms with Crippen LogP contribution < -0.4 is 4.74 Å². The maximum atomic E-state index is 12.9. The molecule has 1 atom stereocenters. The monoisotopic (exact) mass is 323 g/mol. The van der Waals surface area contributed by atoms with Gasteiger partial charge in [0.15, 0.2) is 0 Å². The lowest BCUT2D eigenvalue weighted by molar-refractivity contribution is 0.204. The van der Waals surface area contributed by atoms with E-state index in [2.05, 4.69) is 10.2 Å². The summed E-state index contributed by atoms with van der Waals surface area (Å²) >= 11 is 0. The molecule has 22 heavy (non-hydrogen) atoms. The normalized spacial score (nSPS) is 19.2. The lowest BCUT2D eigenvalue weighted by Gasteiger charge is -2.16. The molecular formula is C14H14FN3O3S. The predicted octanol–water partition coefficient (Wildman–Crippen LogP) is 1.46. The summed E-state index contributed by atoms with van der Waals surface area (Å²) in [7, 11) is -3.63. The second kappa shape index (κ2) is 5.98. The molecule has 8 heteroatoms. The third kappa shape index (κ3) is 3.07. The van der Waals surface area contributed by atoms with Gasteiger partial charge in [0.05, 0.1) is 11.4 Å². The van der Waals surface area contributed by atoms with Crippen LogP contribution in [0.1, 0.15) is 6.42 Å². The summed E-state index contributed by atoms with van der Waals surface area (Å²) in [6, 6.07) is 8.17. The Bertz CT molecular complexity index is 738. The molecule has 0 spiro atoms. The van der Waals surface area contributed by atoms with Gasteiger partial charge in [0.25, 0.3) is 0 Å². The van der Waals surface area contributed by atoms with Crippen molar-refractivity contribution < 1.29 is 17.5 Å². The van der Waals surface area contributed by atoms with Crippen molar-refractivity contribution in [2.45, 2.75) is 17.4 Å². The van der Waals surface area contributed by atoms with E-state index in [-0.39, 0.29) is 17.5 Å². The Kier molecular flexibility index (Phi) is 4.04. The third-order valence-corrected chi connectivity index (χ3v) is 5.27. The van der Waals surface area contributed by atoms with Crippen LogP contribution in [0.3, 0.4) is 0 Å². The molecule has 1 unspecified atom stereocenters. The lowest BCUT2D eigenvalue weighted by Crippen LogP contribution is -2.31. The summed E-state index contributed by atoms with van der Waals surface area (Å²) in [5.74, 6) is -0.0993. The molecule has 1 aromatic heterocycles. The van der Waals surface area contributed by atoms with Gasteiger partial charge in [0.2, 0.25) is 15.9 Å². The number of rotatable bonds is 4. The highest BCUT2D eigenvalue weighted by Crippen LogP contribution is 2.23. The zero-order valence-corrected chi connectivity index (χ0v) is 12.4. The molecule has 0 N–H and O–H groups in total. The summed E-state index contributed by atoms with van der Waals surface area (Å²) in [6.07, 6.45) is 1.83. The number of aromatic nitrogens is 2. The summed E-state index contributed by atoms with van der Waals surface area (Å²) in [5.41, 5.74) is 0. The van der Waals surface area contributed by atoms with Crippen LogP contribution in [0.5, 0.6) is 5.88 Å². The average Bonchev–Trinajstić information content (AvgIpc) is 2.98. The van der Waals surface area contributed by atoms with Crippen LogP contribution in [0, 0.1) is 5.82 Å². The highest BCUT2D eigenvalue weighted by molar-refractivity contribution is 7.89. The van der Waals surface area contributed by atoms with Crippen molar-refractivity contribution in [1.29, 1.82) is 0 Å². The average molecular weight is 323 g/mol. The molecular weight excluding hydrogens is 309 g/mol. The van der Waals surface area contributed by atoms with Crippen molar-refractivity contribution in [3.8, 4) is 5.88 Å². The first-order valence-corrected chi connectivity index (χ1v) is 8.20. The summed E-state index contributed by atoms with van der Waals surface area (Å²) in [5, 5.41) is 7.52. The molecule has 1 aromatic carbocycles. The van der Waals surface area contributed by atoms with Crippen molar-refractivity contribution >= 4 is 10.0 Å². The first-order valence-electron chi connectivity index (χ1n) is 6.76. The molecule has 0 aliphatic carbocycles. The highest BCUT2D eigenvalue weighted by Gasteiger charge is 2.33. The minimum Gasteiger partial charge on any atom is -0.472 e. The van der Waals surface area contributed by atoms with Crippen molar-refractivity contribution in [3.05, 3.63) is 48.4 Å². The van der Waals surface area contributed by atoms with Gasteiger partial charge in [-0.25, -0.2) is 12.8 Å². The quantitative estimate of drug-likeness (QED) is 0.852. The van der Waals surface area contributed by atoms with Gasteiger partial charge in [-0.2, -0.15) is 9.40 Å². The SMILES string of the molecule is O=S(=O)(c1ccc(F)cc1)N1CCC(Oc2cccnn2)C1. The van der Waals surface area contributed by atoms with Gasteiger partial charge in [-0.3, -0.25) is 0 Å². The Morgan fingerprint density at radius 2 is 2.00 bits per heavy atom. The molecule has 1 fully saturated rings. The fourth-order valence-corrected chi connectivity index (χ4v) is 3.78. The summed E-state index contributed by atoms with van der Waals surface area (Å²) in [6.45, 7) is 0.584. The molecule has 2 heterocycles. The lowest BCUT2D eigenvalue weighted by atomic mass is 10.3. The zero-order chi connectivity index (χ0) is 15.6. The van der Waals surface area contributed by atoms with E-state index in [1.54, 1.807) is 12.1 Å². The van der Waals surface area contributed by atoms with Crippen LogP contribution in [0.15, 0.2) is 47.5 Å². The predicted molar refractivity (Wildman–Crippen MR) is 76.2 cm³/mol. The van der Waals surface area contributed by atoms with E-state index < -0.39 is 15.8 Å². The fourth-order valence-electron chi connectivity index (χ4n) is 2.29. The molecule has 1 aliphatic heterocycles. The number of ether oxygens (including phenoxy) is 1. The molecule has 0 radical (unpaired) electrons. The fraction of sp³-hybridized carbons (Fsp3) is 0.286. The highest BCUT2D eigenvalue weighted by atomic mass is 32.2. The Morgan fingerprint density at radius 3 is 2.68 bits per heavy atom. The second-order valence-corrected chi connectivity index (χ2v) is 6.85. The number of halogens is 1. The molecule has 0 bridgehead atoms. The van der Waals surface area contributed by atoms with Crippen LogP contribution in [-0.2, 0) is 10.0 Å². The Hall–Kier alpha value is -2.06.